The predicted molar refractivity (Wildman–Crippen MR) is 118 cm³/mol. The molecule has 9 heteroatoms. The quantitative estimate of drug-likeness (QED) is 0.679. The number of piperidine rings is 1. The monoisotopic (exact) mass is 461 g/mol. The number of ether oxygens (including phenoxy) is 1. The normalized spacial score (nSPS) is 19.9. The van der Waals surface area contributed by atoms with Crippen molar-refractivity contribution in [1.82, 2.24) is 5.32 Å². The van der Waals surface area contributed by atoms with Crippen molar-refractivity contribution in [2.45, 2.75) is 43.8 Å². The van der Waals surface area contributed by atoms with Gasteiger partial charge in [0.25, 0.3) is 0 Å². The lowest BCUT2D eigenvalue weighted by Crippen LogP contribution is -2.53. The van der Waals surface area contributed by atoms with Gasteiger partial charge in [-0.1, -0.05) is 12.1 Å². The Morgan fingerprint density at radius 2 is 1.64 bits per heavy atom. The first-order chi connectivity index (χ1) is 15.8. The van der Waals surface area contributed by atoms with Crippen LogP contribution in [0.5, 0.6) is 0 Å². The summed E-state index contributed by atoms with van der Waals surface area (Å²) in [6.07, 6.45) is -1.25. The summed E-state index contributed by atoms with van der Waals surface area (Å²) < 4.78 is 43.5. The molecule has 1 atom stereocenters. The number of carbonyl (C=O) groups is 2. The molecule has 33 heavy (non-hydrogen) atoms. The molecule has 0 spiro atoms. The van der Waals surface area contributed by atoms with Gasteiger partial charge in [-0.05, 0) is 73.6 Å². The minimum atomic E-state index is -4.44. The highest BCUT2D eigenvalue weighted by Crippen LogP contribution is 2.31. The summed E-state index contributed by atoms with van der Waals surface area (Å²) in [5.41, 5.74) is 1.43. The molecule has 2 aromatic rings. The number of nitrogens with one attached hydrogen (secondary N) is 2. The third kappa shape index (κ3) is 5.65. The molecule has 0 radical (unpaired) electrons. The van der Waals surface area contributed by atoms with Crippen molar-refractivity contribution in [3.63, 3.8) is 0 Å². The molecule has 6 nitrogen and oxygen atoms in total. The Hall–Kier alpha value is -3.07. The minimum absolute atomic E-state index is 0.206. The average molecular weight is 461 g/mol. The molecule has 0 aromatic heterocycles. The van der Waals surface area contributed by atoms with Gasteiger partial charge < -0.3 is 20.3 Å². The van der Waals surface area contributed by atoms with Crippen molar-refractivity contribution in [3.8, 4) is 0 Å². The molecule has 2 heterocycles. The topological polar surface area (TPSA) is 70.7 Å². The lowest BCUT2D eigenvalue weighted by molar-refractivity contribution is -0.137. The standard InChI is InChI=1S/C24H26F3N3O3/c25-24(26,27)18-5-7-19(8-6-18)28-23(32)29-21-2-1-13-30(22(21)31)20-9-3-16(4-10-20)17-11-14-33-15-12-17/h3-10,17,21H,1-2,11-15H2,(H2,28,29,32)/t21-/m1/s1. The van der Waals surface area contributed by atoms with Crippen LogP contribution in [0, 0.1) is 0 Å². The van der Waals surface area contributed by atoms with Gasteiger partial charge in [-0.3, -0.25) is 4.79 Å². The fourth-order valence-electron chi connectivity index (χ4n) is 4.29. The average Bonchev–Trinajstić information content (AvgIpc) is 2.81. The zero-order chi connectivity index (χ0) is 23.4. The Labute approximate surface area is 190 Å². The maximum Gasteiger partial charge on any atom is 0.416 e. The number of hydrogen-bond donors (Lipinski definition) is 2. The van der Waals surface area contributed by atoms with Crippen LogP contribution >= 0.6 is 0 Å². The second kappa shape index (κ2) is 9.82. The molecule has 2 aliphatic rings. The summed E-state index contributed by atoms with van der Waals surface area (Å²) in [6, 6.07) is 10.8. The van der Waals surface area contributed by atoms with Crippen molar-refractivity contribution in [2.75, 3.05) is 30.0 Å². The predicted octanol–water partition coefficient (Wildman–Crippen LogP) is 4.92. The van der Waals surface area contributed by atoms with E-state index in [1.54, 1.807) is 4.90 Å². The lowest BCUT2D eigenvalue weighted by Gasteiger charge is -2.33. The van der Waals surface area contributed by atoms with Crippen LogP contribution in [-0.4, -0.2) is 37.7 Å². The number of nitrogens with zero attached hydrogens (tertiary/aromatic N) is 1. The highest BCUT2D eigenvalue weighted by atomic mass is 19.4. The first kappa shape index (κ1) is 23.1. The van der Waals surface area contributed by atoms with Crippen LogP contribution in [-0.2, 0) is 15.7 Å². The van der Waals surface area contributed by atoms with E-state index < -0.39 is 23.8 Å². The number of carbonyl (C=O) groups excluding carboxylic acids is 2. The third-order valence-corrected chi connectivity index (χ3v) is 6.11. The summed E-state index contributed by atoms with van der Waals surface area (Å²) in [5, 5.41) is 5.14. The molecule has 176 valence electrons. The van der Waals surface area contributed by atoms with Gasteiger partial charge in [-0.15, -0.1) is 0 Å². The number of alkyl halides is 3. The largest absolute Gasteiger partial charge is 0.416 e. The van der Waals surface area contributed by atoms with E-state index in [-0.39, 0.29) is 11.6 Å². The van der Waals surface area contributed by atoms with E-state index in [4.69, 9.17) is 4.74 Å². The zero-order valence-corrected chi connectivity index (χ0v) is 18.0. The van der Waals surface area contributed by atoms with Gasteiger partial charge in [0.15, 0.2) is 0 Å². The molecule has 2 fully saturated rings. The number of hydrogen-bond acceptors (Lipinski definition) is 3. The van der Waals surface area contributed by atoms with Crippen molar-refractivity contribution >= 4 is 23.3 Å². The Morgan fingerprint density at radius 3 is 2.27 bits per heavy atom. The second-order valence-electron chi connectivity index (χ2n) is 8.34. The van der Waals surface area contributed by atoms with Gasteiger partial charge in [0.2, 0.25) is 5.91 Å². The first-order valence-corrected chi connectivity index (χ1v) is 11.0. The van der Waals surface area contributed by atoms with Crippen LogP contribution in [0.1, 0.15) is 42.7 Å². The first-order valence-electron chi connectivity index (χ1n) is 11.0. The molecule has 0 aliphatic carbocycles. The number of rotatable bonds is 4. The Kier molecular flexibility index (Phi) is 6.88. The Bertz CT molecular complexity index is 971. The third-order valence-electron chi connectivity index (χ3n) is 6.11. The fourth-order valence-corrected chi connectivity index (χ4v) is 4.29. The minimum Gasteiger partial charge on any atom is -0.381 e. The van der Waals surface area contributed by atoms with Crippen LogP contribution in [0.2, 0.25) is 0 Å². The van der Waals surface area contributed by atoms with E-state index in [0.29, 0.717) is 18.9 Å². The SMILES string of the molecule is O=C(Nc1ccc(C(F)(F)F)cc1)N[C@@H]1CCCN(c2ccc(C3CCOCC3)cc2)C1=O. The molecule has 2 aliphatic heterocycles. The molecule has 0 bridgehead atoms. The van der Waals surface area contributed by atoms with Gasteiger partial charge in [-0.25, -0.2) is 4.79 Å². The van der Waals surface area contributed by atoms with E-state index in [1.807, 2.05) is 24.3 Å². The fraction of sp³-hybridized carbons (Fsp3) is 0.417. The van der Waals surface area contributed by atoms with Gasteiger partial charge >= 0.3 is 12.2 Å². The summed E-state index contributed by atoms with van der Waals surface area (Å²) in [6.45, 7) is 2.09. The Balaban J connectivity index is 1.35. The Morgan fingerprint density at radius 1 is 0.970 bits per heavy atom. The summed E-state index contributed by atoms with van der Waals surface area (Å²) in [4.78, 5) is 27.0. The van der Waals surface area contributed by atoms with E-state index in [1.165, 1.54) is 17.7 Å². The zero-order valence-electron chi connectivity index (χ0n) is 18.0. The smallest absolute Gasteiger partial charge is 0.381 e. The van der Waals surface area contributed by atoms with Crippen LogP contribution in [0.4, 0.5) is 29.3 Å². The second-order valence-corrected chi connectivity index (χ2v) is 8.34. The van der Waals surface area contributed by atoms with E-state index >= 15 is 0 Å². The number of anilines is 2. The molecule has 4 rings (SSSR count). The molecule has 2 aromatic carbocycles. The van der Waals surface area contributed by atoms with Crippen LogP contribution in [0.15, 0.2) is 48.5 Å². The van der Waals surface area contributed by atoms with Crippen LogP contribution in [0.3, 0.4) is 0 Å². The van der Waals surface area contributed by atoms with E-state index in [0.717, 1.165) is 50.3 Å². The molecule has 0 saturated carbocycles. The molecule has 2 saturated heterocycles. The number of amides is 3. The highest BCUT2D eigenvalue weighted by Gasteiger charge is 2.32. The number of urea groups is 1. The maximum absolute atomic E-state index is 13.0. The number of benzene rings is 2. The summed E-state index contributed by atoms with van der Waals surface area (Å²) in [7, 11) is 0. The molecule has 2 N–H and O–H groups in total. The van der Waals surface area contributed by atoms with Gasteiger partial charge in [0.1, 0.15) is 6.04 Å². The summed E-state index contributed by atoms with van der Waals surface area (Å²) >= 11 is 0. The van der Waals surface area contributed by atoms with Crippen molar-refractivity contribution in [3.05, 3.63) is 59.7 Å². The van der Waals surface area contributed by atoms with Crippen LogP contribution < -0.4 is 15.5 Å². The highest BCUT2D eigenvalue weighted by molar-refractivity contribution is 6.01. The van der Waals surface area contributed by atoms with Gasteiger partial charge in [0, 0.05) is 31.1 Å². The van der Waals surface area contributed by atoms with E-state index in [2.05, 4.69) is 10.6 Å². The van der Waals surface area contributed by atoms with Crippen molar-refractivity contribution in [1.29, 1.82) is 0 Å². The molecule has 3 amide bonds. The molecular formula is C24H26F3N3O3. The lowest BCUT2D eigenvalue weighted by atomic mass is 9.91. The van der Waals surface area contributed by atoms with Crippen LogP contribution in [0.25, 0.3) is 0 Å². The van der Waals surface area contributed by atoms with Gasteiger partial charge in [-0.2, -0.15) is 13.2 Å². The molecule has 0 unspecified atom stereocenters. The number of halogens is 3. The van der Waals surface area contributed by atoms with Gasteiger partial charge in [0.05, 0.1) is 5.56 Å². The summed E-state index contributed by atoms with van der Waals surface area (Å²) in [5.74, 6) is 0.260. The van der Waals surface area contributed by atoms with Crippen molar-refractivity contribution in [2.24, 2.45) is 0 Å². The maximum atomic E-state index is 13.0. The van der Waals surface area contributed by atoms with Crippen molar-refractivity contribution < 1.29 is 27.5 Å². The van der Waals surface area contributed by atoms with E-state index in [9.17, 15) is 22.8 Å². The molecular weight excluding hydrogens is 435 g/mol.